The Bertz CT molecular complexity index is 574. The van der Waals surface area contributed by atoms with Gasteiger partial charge >= 0.3 is 0 Å². The predicted molar refractivity (Wildman–Crippen MR) is 65.2 cm³/mol. The number of carbonyl (C=O) groups excluding carboxylic acids is 1. The van der Waals surface area contributed by atoms with Gasteiger partial charge in [0.05, 0.1) is 0 Å². The molecule has 0 unspecified atom stereocenters. The third-order valence-corrected chi connectivity index (χ3v) is 2.13. The van der Waals surface area contributed by atoms with E-state index in [-0.39, 0.29) is 17.7 Å². The van der Waals surface area contributed by atoms with Crippen LogP contribution in [0.4, 0.5) is 10.3 Å². The topological polar surface area (TPSA) is 70.7 Å². The van der Waals surface area contributed by atoms with E-state index in [9.17, 15) is 9.18 Å². The number of aromatic amines is 1. The number of carbonyl (C=O) groups is 1. The molecule has 1 aromatic carbocycles. The minimum Gasteiger partial charge on any atom is -0.290 e. The van der Waals surface area contributed by atoms with Crippen LogP contribution in [0.1, 0.15) is 11.4 Å². The lowest BCUT2D eigenvalue weighted by Gasteiger charge is -1.95. The van der Waals surface area contributed by atoms with Crippen molar-refractivity contribution in [3.8, 4) is 0 Å². The second-order valence-corrected chi connectivity index (χ2v) is 3.62. The van der Waals surface area contributed by atoms with Crippen LogP contribution in [0.15, 0.2) is 30.3 Å². The van der Waals surface area contributed by atoms with Gasteiger partial charge in [-0.2, -0.15) is 4.98 Å². The highest BCUT2D eigenvalue weighted by Crippen LogP contribution is 2.05. The molecule has 0 saturated heterocycles. The summed E-state index contributed by atoms with van der Waals surface area (Å²) in [5, 5.41) is 8.87. The fraction of sp³-hybridized carbons (Fsp3) is 0.0833. The normalized spacial score (nSPS) is 10.8. The van der Waals surface area contributed by atoms with Crippen molar-refractivity contribution in [2.75, 3.05) is 5.32 Å². The molecule has 0 radical (unpaired) electrons. The summed E-state index contributed by atoms with van der Waals surface area (Å²) in [6.07, 6.45) is 2.91. The van der Waals surface area contributed by atoms with Crippen LogP contribution in [-0.2, 0) is 4.79 Å². The van der Waals surface area contributed by atoms with Crippen LogP contribution in [0.3, 0.4) is 0 Å². The first-order valence-electron chi connectivity index (χ1n) is 5.27. The Kier molecular flexibility index (Phi) is 3.47. The van der Waals surface area contributed by atoms with Gasteiger partial charge in [-0.05, 0) is 30.7 Å². The summed E-state index contributed by atoms with van der Waals surface area (Å²) in [5.41, 5.74) is 0.734. The Balaban J connectivity index is 1.96. The van der Waals surface area contributed by atoms with E-state index in [2.05, 4.69) is 20.5 Å². The van der Waals surface area contributed by atoms with Crippen LogP contribution < -0.4 is 5.32 Å². The molecule has 2 rings (SSSR count). The maximum absolute atomic E-state index is 12.7. The monoisotopic (exact) mass is 246 g/mol. The summed E-state index contributed by atoms with van der Waals surface area (Å²) in [5.74, 6) is 0.181. The maximum atomic E-state index is 12.7. The van der Waals surface area contributed by atoms with Crippen molar-refractivity contribution < 1.29 is 9.18 Å². The molecule has 2 N–H and O–H groups in total. The summed E-state index contributed by atoms with van der Waals surface area (Å²) in [4.78, 5) is 15.4. The lowest BCUT2D eigenvalue weighted by molar-refractivity contribution is -0.111. The smallest absolute Gasteiger partial charge is 0.250 e. The third-order valence-electron chi connectivity index (χ3n) is 2.13. The van der Waals surface area contributed by atoms with Gasteiger partial charge in [0.25, 0.3) is 5.91 Å². The fourth-order valence-electron chi connectivity index (χ4n) is 1.30. The Morgan fingerprint density at radius 1 is 1.39 bits per heavy atom. The van der Waals surface area contributed by atoms with Crippen molar-refractivity contribution in [3.63, 3.8) is 0 Å². The second-order valence-electron chi connectivity index (χ2n) is 3.62. The number of aromatic nitrogens is 3. The van der Waals surface area contributed by atoms with Crippen LogP contribution >= 0.6 is 0 Å². The standard InChI is InChI=1S/C12H11FN4O/c1-8-14-12(17-16-8)15-11(18)7-4-9-2-5-10(13)6-3-9/h2-7H,1H3,(H2,14,15,16,17,18)/b7-4+. The number of benzene rings is 1. The van der Waals surface area contributed by atoms with Crippen molar-refractivity contribution in [2.45, 2.75) is 6.92 Å². The van der Waals surface area contributed by atoms with Crippen molar-refractivity contribution in [1.29, 1.82) is 0 Å². The fourth-order valence-corrected chi connectivity index (χ4v) is 1.30. The van der Waals surface area contributed by atoms with Gasteiger partial charge in [0.1, 0.15) is 11.6 Å². The zero-order valence-corrected chi connectivity index (χ0v) is 9.64. The molecule has 0 aliphatic rings. The number of hydrogen-bond donors (Lipinski definition) is 2. The van der Waals surface area contributed by atoms with Crippen LogP contribution in [0.5, 0.6) is 0 Å². The molecule has 2 aromatic rings. The highest BCUT2D eigenvalue weighted by Gasteiger charge is 2.02. The predicted octanol–water partition coefficient (Wildman–Crippen LogP) is 1.90. The molecule has 0 aliphatic carbocycles. The number of aryl methyl sites for hydroxylation is 1. The van der Waals surface area contributed by atoms with Gasteiger partial charge in [-0.3, -0.25) is 15.2 Å². The van der Waals surface area contributed by atoms with Crippen LogP contribution in [-0.4, -0.2) is 21.1 Å². The van der Waals surface area contributed by atoms with Gasteiger partial charge in [-0.1, -0.05) is 12.1 Å². The molecule has 1 amide bonds. The maximum Gasteiger partial charge on any atom is 0.250 e. The van der Waals surface area contributed by atoms with Gasteiger partial charge in [0.15, 0.2) is 0 Å². The van der Waals surface area contributed by atoms with Crippen molar-refractivity contribution in [3.05, 3.63) is 47.5 Å². The van der Waals surface area contributed by atoms with E-state index in [4.69, 9.17) is 0 Å². The SMILES string of the molecule is Cc1nc(NC(=O)/C=C/c2ccc(F)cc2)n[nH]1. The van der Waals surface area contributed by atoms with Gasteiger partial charge in [0, 0.05) is 6.08 Å². The molecular formula is C12H11FN4O. The van der Waals surface area contributed by atoms with Crippen LogP contribution in [0.25, 0.3) is 6.08 Å². The lowest BCUT2D eigenvalue weighted by Crippen LogP contribution is -2.09. The van der Waals surface area contributed by atoms with E-state index in [1.54, 1.807) is 25.1 Å². The molecule has 1 aromatic heterocycles. The Morgan fingerprint density at radius 2 is 2.11 bits per heavy atom. The zero-order chi connectivity index (χ0) is 13.0. The molecule has 0 spiro atoms. The summed E-state index contributed by atoms with van der Waals surface area (Å²) in [6, 6.07) is 5.82. The average molecular weight is 246 g/mol. The number of rotatable bonds is 3. The zero-order valence-electron chi connectivity index (χ0n) is 9.64. The number of halogens is 1. The van der Waals surface area contributed by atoms with Gasteiger partial charge in [0.2, 0.25) is 5.95 Å². The second kappa shape index (κ2) is 5.22. The molecule has 0 saturated carbocycles. The molecule has 0 aliphatic heterocycles. The Morgan fingerprint density at radius 3 is 2.72 bits per heavy atom. The number of H-pyrrole nitrogens is 1. The first-order valence-corrected chi connectivity index (χ1v) is 5.27. The van der Waals surface area contributed by atoms with Gasteiger partial charge in [-0.25, -0.2) is 4.39 Å². The molecule has 1 heterocycles. The van der Waals surface area contributed by atoms with Gasteiger partial charge < -0.3 is 0 Å². The van der Waals surface area contributed by atoms with E-state index in [1.165, 1.54) is 18.2 Å². The summed E-state index contributed by atoms with van der Waals surface area (Å²) < 4.78 is 12.7. The van der Waals surface area contributed by atoms with E-state index < -0.39 is 0 Å². The molecule has 5 nitrogen and oxygen atoms in total. The molecule has 18 heavy (non-hydrogen) atoms. The number of nitrogens with zero attached hydrogens (tertiary/aromatic N) is 2. The van der Waals surface area contributed by atoms with Crippen molar-refractivity contribution in [2.24, 2.45) is 0 Å². The molecule has 6 heteroatoms. The Hall–Kier alpha value is -2.50. The highest BCUT2D eigenvalue weighted by molar-refractivity contribution is 6.00. The van der Waals surface area contributed by atoms with Gasteiger partial charge in [-0.15, -0.1) is 5.10 Å². The first-order chi connectivity index (χ1) is 8.63. The first kappa shape index (κ1) is 12.0. The lowest BCUT2D eigenvalue weighted by atomic mass is 10.2. The average Bonchev–Trinajstić information content (AvgIpc) is 2.74. The number of nitrogens with one attached hydrogen (secondary N) is 2. The molecule has 0 fully saturated rings. The minimum absolute atomic E-state index is 0.223. The number of hydrogen-bond acceptors (Lipinski definition) is 3. The quantitative estimate of drug-likeness (QED) is 0.812. The molecule has 0 bridgehead atoms. The van der Waals surface area contributed by atoms with E-state index in [0.717, 1.165) is 5.56 Å². The van der Waals surface area contributed by atoms with Crippen LogP contribution in [0.2, 0.25) is 0 Å². The minimum atomic E-state index is -0.349. The van der Waals surface area contributed by atoms with E-state index >= 15 is 0 Å². The molecular weight excluding hydrogens is 235 g/mol. The highest BCUT2D eigenvalue weighted by atomic mass is 19.1. The number of anilines is 1. The summed E-state index contributed by atoms with van der Waals surface area (Å²) in [7, 11) is 0. The van der Waals surface area contributed by atoms with E-state index in [0.29, 0.717) is 5.82 Å². The third kappa shape index (κ3) is 3.24. The van der Waals surface area contributed by atoms with Crippen molar-refractivity contribution >= 4 is 17.9 Å². The molecule has 92 valence electrons. The summed E-state index contributed by atoms with van der Waals surface area (Å²) in [6.45, 7) is 1.73. The van der Waals surface area contributed by atoms with Crippen molar-refractivity contribution in [1.82, 2.24) is 15.2 Å². The van der Waals surface area contributed by atoms with E-state index in [1.807, 2.05) is 0 Å². The molecule has 0 atom stereocenters. The van der Waals surface area contributed by atoms with Crippen LogP contribution in [0, 0.1) is 12.7 Å². The largest absolute Gasteiger partial charge is 0.290 e. The Labute approximate surface area is 103 Å². The number of amides is 1. The summed E-state index contributed by atoms with van der Waals surface area (Å²) >= 11 is 0.